The molecule has 0 fully saturated rings. The van der Waals surface area contributed by atoms with Crippen LogP contribution in [-0.4, -0.2) is 32.3 Å². The molecule has 0 atom stereocenters. The van der Waals surface area contributed by atoms with E-state index in [-0.39, 0.29) is 18.9 Å². The lowest BCUT2D eigenvalue weighted by Gasteiger charge is -2.20. The molecule has 0 bridgehead atoms. The minimum Gasteiger partial charge on any atom is -0.466 e. The molecule has 5 nitrogen and oxygen atoms in total. The molecule has 0 saturated heterocycles. The van der Waals surface area contributed by atoms with Crippen molar-refractivity contribution < 1.29 is 19.1 Å². The quantitative estimate of drug-likeness (QED) is 0.753. The van der Waals surface area contributed by atoms with Gasteiger partial charge in [0.25, 0.3) is 0 Å². The van der Waals surface area contributed by atoms with Crippen LogP contribution in [0.3, 0.4) is 0 Å². The van der Waals surface area contributed by atoms with Crippen molar-refractivity contribution in [3.63, 3.8) is 0 Å². The van der Waals surface area contributed by atoms with Crippen LogP contribution in [0.4, 0.5) is 10.5 Å². The van der Waals surface area contributed by atoms with E-state index in [1.54, 1.807) is 19.1 Å². The zero-order chi connectivity index (χ0) is 13.4. The van der Waals surface area contributed by atoms with Gasteiger partial charge in [-0.2, -0.15) is 0 Å². The first-order valence-corrected chi connectivity index (χ1v) is 5.75. The molecule has 0 spiro atoms. The van der Waals surface area contributed by atoms with E-state index < -0.39 is 6.09 Å². The molecule has 0 heterocycles. The molecule has 1 amide bonds. The zero-order valence-corrected chi connectivity index (χ0v) is 10.6. The number of carbonyl (C=O) groups excluding carboxylic acids is 2. The van der Waals surface area contributed by atoms with Gasteiger partial charge in [0, 0.05) is 12.2 Å². The van der Waals surface area contributed by atoms with Gasteiger partial charge in [-0.3, -0.25) is 9.69 Å². The molecule has 98 valence electrons. The summed E-state index contributed by atoms with van der Waals surface area (Å²) in [4.78, 5) is 24.3. The van der Waals surface area contributed by atoms with E-state index in [0.29, 0.717) is 12.3 Å². The second-order valence-corrected chi connectivity index (χ2v) is 3.51. The van der Waals surface area contributed by atoms with Crippen molar-refractivity contribution in [1.82, 2.24) is 0 Å². The van der Waals surface area contributed by atoms with Crippen LogP contribution in [-0.2, 0) is 14.3 Å². The highest BCUT2D eigenvalue weighted by Crippen LogP contribution is 2.14. The second kappa shape index (κ2) is 7.32. The monoisotopic (exact) mass is 251 g/mol. The summed E-state index contributed by atoms with van der Waals surface area (Å²) >= 11 is 0. The zero-order valence-electron chi connectivity index (χ0n) is 10.6. The molecular formula is C13H17NO4. The lowest BCUT2D eigenvalue weighted by atomic mass is 10.3. The number of hydrogen-bond acceptors (Lipinski definition) is 4. The number of ether oxygens (including phenoxy) is 2. The summed E-state index contributed by atoms with van der Waals surface area (Å²) in [6, 6.07) is 9.04. The maximum Gasteiger partial charge on any atom is 0.414 e. The van der Waals surface area contributed by atoms with Crippen molar-refractivity contribution >= 4 is 17.7 Å². The summed E-state index contributed by atoms with van der Waals surface area (Å²) < 4.78 is 9.52. The summed E-state index contributed by atoms with van der Waals surface area (Å²) in [6.45, 7) is 2.31. The molecule has 18 heavy (non-hydrogen) atoms. The van der Waals surface area contributed by atoms with Crippen molar-refractivity contribution in [2.45, 2.75) is 13.3 Å². The fourth-order valence-corrected chi connectivity index (χ4v) is 1.48. The first kappa shape index (κ1) is 14.0. The Kier molecular flexibility index (Phi) is 5.70. The first-order chi connectivity index (χ1) is 8.69. The highest BCUT2D eigenvalue weighted by Gasteiger charge is 2.17. The van der Waals surface area contributed by atoms with Crippen molar-refractivity contribution in [1.29, 1.82) is 0 Å². The fourth-order valence-electron chi connectivity index (χ4n) is 1.48. The SMILES string of the molecule is CCOC(=O)CCN(C(=O)OC)c1ccccc1. The normalized spacial score (nSPS) is 9.67. The number of rotatable bonds is 5. The number of nitrogens with zero attached hydrogens (tertiary/aromatic N) is 1. The summed E-state index contributed by atoms with van der Waals surface area (Å²) in [5.74, 6) is -0.331. The molecule has 1 rings (SSSR count). The van der Waals surface area contributed by atoms with Gasteiger partial charge in [-0.1, -0.05) is 18.2 Å². The Morgan fingerprint density at radius 3 is 2.44 bits per heavy atom. The molecule has 1 aromatic carbocycles. The van der Waals surface area contributed by atoms with Crippen molar-refractivity contribution in [3.8, 4) is 0 Å². The average Bonchev–Trinajstić information content (AvgIpc) is 2.40. The van der Waals surface area contributed by atoms with E-state index in [4.69, 9.17) is 9.47 Å². The maximum atomic E-state index is 11.6. The summed E-state index contributed by atoms with van der Waals surface area (Å²) in [5.41, 5.74) is 0.689. The van der Waals surface area contributed by atoms with Gasteiger partial charge >= 0.3 is 12.1 Å². The second-order valence-electron chi connectivity index (χ2n) is 3.51. The molecule has 0 N–H and O–H groups in total. The molecule has 0 aliphatic heterocycles. The highest BCUT2D eigenvalue weighted by atomic mass is 16.5. The molecule has 1 aromatic rings. The van der Waals surface area contributed by atoms with Crippen molar-refractivity contribution in [2.24, 2.45) is 0 Å². The average molecular weight is 251 g/mol. The summed E-state index contributed by atoms with van der Waals surface area (Å²) in [6.07, 6.45) is -0.358. The lowest BCUT2D eigenvalue weighted by Crippen LogP contribution is -2.33. The van der Waals surface area contributed by atoms with Crippen LogP contribution in [0.1, 0.15) is 13.3 Å². The van der Waals surface area contributed by atoms with Crippen LogP contribution >= 0.6 is 0 Å². The largest absolute Gasteiger partial charge is 0.466 e. The molecule has 0 aliphatic carbocycles. The van der Waals surface area contributed by atoms with E-state index in [0.717, 1.165) is 0 Å². The molecule has 5 heteroatoms. The molecule has 0 aromatic heterocycles. The van der Waals surface area contributed by atoms with E-state index in [1.807, 2.05) is 18.2 Å². The van der Waals surface area contributed by atoms with Gasteiger partial charge in [-0.15, -0.1) is 0 Å². The lowest BCUT2D eigenvalue weighted by molar-refractivity contribution is -0.142. The number of hydrogen-bond donors (Lipinski definition) is 0. The number of carbonyl (C=O) groups is 2. The van der Waals surface area contributed by atoms with Crippen LogP contribution in [0, 0.1) is 0 Å². The summed E-state index contributed by atoms with van der Waals surface area (Å²) in [7, 11) is 1.31. The molecule has 0 saturated carbocycles. The van der Waals surface area contributed by atoms with Gasteiger partial charge in [-0.05, 0) is 19.1 Å². The van der Waals surface area contributed by atoms with Gasteiger partial charge in [-0.25, -0.2) is 4.79 Å². The number of methoxy groups -OCH3 is 1. The topological polar surface area (TPSA) is 55.8 Å². The van der Waals surface area contributed by atoms with E-state index in [1.165, 1.54) is 12.0 Å². The van der Waals surface area contributed by atoms with E-state index in [2.05, 4.69) is 0 Å². The standard InChI is InChI=1S/C13H17NO4/c1-3-18-12(15)9-10-14(13(16)17-2)11-7-5-4-6-8-11/h4-8H,3,9-10H2,1-2H3. The molecule has 0 aliphatic rings. The van der Waals surface area contributed by atoms with Crippen LogP contribution in [0.25, 0.3) is 0 Å². The Labute approximate surface area is 106 Å². The Morgan fingerprint density at radius 1 is 1.22 bits per heavy atom. The Bertz CT molecular complexity index is 391. The third kappa shape index (κ3) is 4.08. The molecular weight excluding hydrogens is 234 g/mol. The van der Waals surface area contributed by atoms with Crippen molar-refractivity contribution in [2.75, 3.05) is 25.2 Å². The predicted molar refractivity (Wildman–Crippen MR) is 67.4 cm³/mol. The molecule has 0 radical (unpaired) electrons. The van der Waals surface area contributed by atoms with Crippen LogP contribution in [0.15, 0.2) is 30.3 Å². The van der Waals surface area contributed by atoms with Crippen LogP contribution in [0.5, 0.6) is 0 Å². The third-order valence-electron chi connectivity index (χ3n) is 2.31. The number of amides is 1. The van der Waals surface area contributed by atoms with Gasteiger partial charge in [0.2, 0.25) is 0 Å². The highest BCUT2D eigenvalue weighted by molar-refractivity contribution is 5.88. The minimum absolute atomic E-state index is 0.137. The first-order valence-electron chi connectivity index (χ1n) is 5.75. The number of para-hydroxylation sites is 1. The number of anilines is 1. The van der Waals surface area contributed by atoms with E-state index in [9.17, 15) is 9.59 Å². The number of benzene rings is 1. The maximum absolute atomic E-state index is 11.6. The molecule has 0 unspecified atom stereocenters. The van der Waals surface area contributed by atoms with E-state index >= 15 is 0 Å². The fraction of sp³-hybridized carbons (Fsp3) is 0.385. The number of esters is 1. The predicted octanol–water partition coefficient (Wildman–Crippen LogP) is 2.21. The smallest absolute Gasteiger partial charge is 0.414 e. The Balaban J connectivity index is 2.69. The van der Waals surface area contributed by atoms with Gasteiger partial charge in [0.15, 0.2) is 0 Å². The van der Waals surface area contributed by atoms with Crippen molar-refractivity contribution in [3.05, 3.63) is 30.3 Å². The van der Waals surface area contributed by atoms with Gasteiger partial charge in [0.05, 0.1) is 20.1 Å². The van der Waals surface area contributed by atoms with Gasteiger partial charge < -0.3 is 9.47 Å². The van der Waals surface area contributed by atoms with Crippen LogP contribution in [0.2, 0.25) is 0 Å². The third-order valence-corrected chi connectivity index (χ3v) is 2.31. The Morgan fingerprint density at radius 2 is 1.89 bits per heavy atom. The Hall–Kier alpha value is -2.04. The van der Waals surface area contributed by atoms with Gasteiger partial charge in [0.1, 0.15) is 0 Å². The van der Waals surface area contributed by atoms with Crippen LogP contribution < -0.4 is 4.90 Å². The summed E-state index contributed by atoms with van der Waals surface area (Å²) in [5, 5.41) is 0. The minimum atomic E-state index is -0.495.